The van der Waals surface area contributed by atoms with Crippen molar-refractivity contribution in [1.82, 2.24) is 9.78 Å². The Bertz CT molecular complexity index is 1130. The van der Waals surface area contributed by atoms with Crippen molar-refractivity contribution in [2.24, 2.45) is 0 Å². The van der Waals surface area contributed by atoms with Gasteiger partial charge in [-0.3, -0.25) is 0 Å². The predicted molar refractivity (Wildman–Crippen MR) is 115 cm³/mol. The van der Waals surface area contributed by atoms with E-state index in [1.54, 1.807) is 42.8 Å². The highest BCUT2D eigenvalue weighted by Crippen LogP contribution is 2.35. The van der Waals surface area contributed by atoms with Gasteiger partial charge in [0.25, 0.3) is 0 Å². The largest absolute Gasteiger partial charge is 0.479 e. The SMILES string of the molecule is CCC(C)(OCc1nn(-c2ccccc2Cl)c(-c2ccc(C(F)(F)F)cc2)c1C)C(=O)O. The summed E-state index contributed by atoms with van der Waals surface area (Å²) in [6.07, 6.45) is -4.20. The predicted octanol–water partition coefficient (Wildman–Crippen LogP) is 6.29. The van der Waals surface area contributed by atoms with Crippen molar-refractivity contribution in [2.75, 3.05) is 0 Å². The number of nitrogens with zero attached hydrogens (tertiary/aromatic N) is 2. The van der Waals surface area contributed by atoms with Crippen LogP contribution in [0.25, 0.3) is 16.9 Å². The van der Waals surface area contributed by atoms with Crippen LogP contribution in [0.3, 0.4) is 0 Å². The molecule has 1 aromatic heterocycles. The van der Waals surface area contributed by atoms with E-state index in [0.29, 0.717) is 33.2 Å². The molecule has 0 saturated carbocycles. The summed E-state index contributed by atoms with van der Waals surface area (Å²) in [5.74, 6) is -1.09. The number of para-hydroxylation sites is 1. The third kappa shape index (κ3) is 4.66. The van der Waals surface area contributed by atoms with Crippen LogP contribution in [-0.2, 0) is 22.3 Å². The number of aromatic nitrogens is 2. The lowest BCUT2D eigenvalue weighted by Gasteiger charge is -2.23. The molecule has 1 N–H and O–H groups in total. The van der Waals surface area contributed by atoms with Crippen LogP contribution in [0.5, 0.6) is 0 Å². The Morgan fingerprint density at radius 1 is 1.16 bits per heavy atom. The fourth-order valence-electron chi connectivity index (χ4n) is 3.17. The molecule has 0 bridgehead atoms. The van der Waals surface area contributed by atoms with Gasteiger partial charge in [-0.1, -0.05) is 42.8 Å². The van der Waals surface area contributed by atoms with E-state index in [1.165, 1.54) is 19.1 Å². The molecule has 1 unspecified atom stereocenters. The molecule has 2 aromatic carbocycles. The summed E-state index contributed by atoms with van der Waals surface area (Å²) >= 11 is 6.36. The first-order valence-corrected chi connectivity index (χ1v) is 10.2. The lowest BCUT2D eigenvalue weighted by molar-refractivity contribution is -0.165. The Labute approximate surface area is 188 Å². The number of aliphatic carboxylic acids is 1. The molecule has 0 aliphatic rings. The quantitative estimate of drug-likeness (QED) is 0.444. The molecule has 32 heavy (non-hydrogen) atoms. The van der Waals surface area contributed by atoms with Gasteiger partial charge in [0.1, 0.15) is 0 Å². The van der Waals surface area contributed by atoms with Gasteiger partial charge in [0, 0.05) is 11.1 Å². The molecule has 0 saturated heterocycles. The van der Waals surface area contributed by atoms with Gasteiger partial charge in [-0.15, -0.1) is 0 Å². The van der Waals surface area contributed by atoms with Gasteiger partial charge in [-0.25, -0.2) is 9.48 Å². The Kier molecular flexibility index (Phi) is 6.67. The summed E-state index contributed by atoms with van der Waals surface area (Å²) in [6, 6.07) is 11.7. The summed E-state index contributed by atoms with van der Waals surface area (Å²) in [5, 5.41) is 14.4. The van der Waals surface area contributed by atoms with Crippen LogP contribution in [-0.4, -0.2) is 26.5 Å². The van der Waals surface area contributed by atoms with Crippen molar-refractivity contribution in [2.45, 2.75) is 45.6 Å². The van der Waals surface area contributed by atoms with E-state index < -0.39 is 23.3 Å². The van der Waals surface area contributed by atoms with Crippen LogP contribution >= 0.6 is 11.6 Å². The first-order chi connectivity index (χ1) is 15.0. The zero-order valence-electron chi connectivity index (χ0n) is 17.7. The van der Waals surface area contributed by atoms with E-state index in [0.717, 1.165) is 12.1 Å². The van der Waals surface area contributed by atoms with Crippen LogP contribution < -0.4 is 0 Å². The molecule has 0 radical (unpaired) electrons. The number of hydrogen-bond acceptors (Lipinski definition) is 3. The Morgan fingerprint density at radius 2 is 1.78 bits per heavy atom. The molecule has 5 nitrogen and oxygen atoms in total. The summed E-state index contributed by atoms with van der Waals surface area (Å²) in [6.45, 7) is 4.85. The maximum Gasteiger partial charge on any atom is 0.416 e. The smallest absolute Gasteiger partial charge is 0.416 e. The second-order valence-electron chi connectivity index (χ2n) is 7.54. The van der Waals surface area contributed by atoms with Crippen molar-refractivity contribution in [3.8, 4) is 16.9 Å². The van der Waals surface area contributed by atoms with Crippen molar-refractivity contribution in [3.05, 3.63) is 70.4 Å². The van der Waals surface area contributed by atoms with E-state index in [-0.39, 0.29) is 13.0 Å². The van der Waals surface area contributed by atoms with E-state index >= 15 is 0 Å². The Hall–Kier alpha value is -2.84. The highest BCUT2D eigenvalue weighted by atomic mass is 35.5. The van der Waals surface area contributed by atoms with Crippen LogP contribution in [0.4, 0.5) is 13.2 Å². The van der Waals surface area contributed by atoms with Crippen LogP contribution in [0.1, 0.15) is 37.1 Å². The van der Waals surface area contributed by atoms with Gasteiger partial charge < -0.3 is 9.84 Å². The van der Waals surface area contributed by atoms with Gasteiger partial charge in [0.2, 0.25) is 0 Å². The second-order valence-corrected chi connectivity index (χ2v) is 7.94. The molecule has 0 amide bonds. The second kappa shape index (κ2) is 8.96. The highest BCUT2D eigenvalue weighted by Gasteiger charge is 2.33. The number of alkyl halides is 3. The van der Waals surface area contributed by atoms with Crippen molar-refractivity contribution < 1.29 is 27.8 Å². The molecule has 0 aliphatic carbocycles. The van der Waals surface area contributed by atoms with Crippen LogP contribution in [0, 0.1) is 6.92 Å². The maximum absolute atomic E-state index is 13.0. The van der Waals surface area contributed by atoms with Gasteiger partial charge in [-0.05, 0) is 44.5 Å². The first kappa shape index (κ1) is 23.8. The number of ether oxygens (including phenoxy) is 1. The average molecular weight is 467 g/mol. The van der Waals surface area contributed by atoms with E-state index in [1.807, 2.05) is 0 Å². The number of carboxylic acids is 1. The number of halogens is 4. The van der Waals surface area contributed by atoms with Crippen molar-refractivity contribution >= 4 is 17.6 Å². The van der Waals surface area contributed by atoms with E-state index in [2.05, 4.69) is 5.10 Å². The average Bonchev–Trinajstić information content (AvgIpc) is 3.07. The monoisotopic (exact) mass is 466 g/mol. The summed E-state index contributed by atoms with van der Waals surface area (Å²) in [7, 11) is 0. The summed E-state index contributed by atoms with van der Waals surface area (Å²) in [5.41, 5.74) is 0.537. The third-order valence-corrected chi connectivity index (χ3v) is 5.76. The molecule has 1 atom stereocenters. The van der Waals surface area contributed by atoms with Gasteiger partial charge in [0.05, 0.1) is 34.3 Å². The molecule has 3 aromatic rings. The van der Waals surface area contributed by atoms with Gasteiger partial charge in [-0.2, -0.15) is 18.3 Å². The number of benzene rings is 2. The minimum absolute atomic E-state index is 0.0897. The molecule has 170 valence electrons. The summed E-state index contributed by atoms with van der Waals surface area (Å²) < 4.78 is 46.3. The first-order valence-electron chi connectivity index (χ1n) is 9.86. The molecule has 9 heteroatoms. The van der Waals surface area contributed by atoms with E-state index in [9.17, 15) is 23.1 Å². The maximum atomic E-state index is 13.0. The topological polar surface area (TPSA) is 64.4 Å². The number of rotatable bonds is 7. The minimum Gasteiger partial charge on any atom is -0.479 e. The van der Waals surface area contributed by atoms with Crippen molar-refractivity contribution in [1.29, 1.82) is 0 Å². The van der Waals surface area contributed by atoms with Gasteiger partial charge in [0.15, 0.2) is 5.60 Å². The molecule has 0 aliphatic heterocycles. The van der Waals surface area contributed by atoms with Crippen LogP contribution in [0.2, 0.25) is 5.02 Å². The molecule has 0 fully saturated rings. The number of hydrogen-bond donors (Lipinski definition) is 1. The third-order valence-electron chi connectivity index (χ3n) is 5.44. The van der Waals surface area contributed by atoms with E-state index in [4.69, 9.17) is 16.3 Å². The standard InChI is InChI=1S/C23H22ClF3N2O3/c1-4-22(3,21(30)31)32-13-18-14(2)20(15-9-11-16(12-10-15)23(25,26)27)29(28-18)19-8-6-5-7-17(19)24/h5-12H,4,13H2,1-3H3,(H,30,31). The van der Waals surface area contributed by atoms with Crippen molar-refractivity contribution in [3.63, 3.8) is 0 Å². The Morgan fingerprint density at radius 3 is 2.31 bits per heavy atom. The minimum atomic E-state index is -4.45. The summed E-state index contributed by atoms with van der Waals surface area (Å²) in [4.78, 5) is 11.6. The molecule has 0 spiro atoms. The number of carbonyl (C=O) groups is 1. The number of carboxylic acid groups (broad SMARTS) is 1. The fraction of sp³-hybridized carbons (Fsp3) is 0.304. The normalized spacial score (nSPS) is 13.7. The molecule has 1 heterocycles. The molecule has 3 rings (SSSR count). The fourth-order valence-corrected chi connectivity index (χ4v) is 3.39. The highest BCUT2D eigenvalue weighted by molar-refractivity contribution is 6.32. The van der Waals surface area contributed by atoms with Crippen LogP contribution in [0.15, 0.2) is 48.5 Å². The molecular weight excluding hydrogens is 445 g/mol. The Balaban J connectivity index is 2.11. The lowest BCUT2D eigenvalue weighted by Crippen LogP contribution is -2.37. The lowest BCUT2D eigenvalue weighted by atomic mass is 10.0. The zero-order valence-corrected chi connectivity index (χ0v) is 18.5. The van der Waals surface area contributed by atoms with Gasteiger partial charge >= 0.3 is 12.1 Å². The zero-order chi connectivity index (χ0) is 23.7. The molecular formula is C23H22ClF3N2O3.